The number of halogens is 3. The van der Waals surface area contributed by atoms with E-state index in [1.54, 1.807) is 12.1 Å². The third-order valence-electron chi connectivity index (χ3n) is 6.46. The van der Waals surface area contributed by atoms with Gasteiger partial charge in [0.25, 0.3) is 0 Å². The molecular formula is C26H37Cl2FN2O3. The summed E-state index contributed by atoms with van der Waals surface area (Å²) in [5.74, 6) is 0.00596. The monoisotopic (exact) mass is 514 g/mol. The van der Waals surface area contributed by atoms with Gasteiger partial charge in [-0.3, -0.25) is 0 Å². The summed E-state index contributed by atoms with van der Waals surface area (Å²) in [6, 6.07) is 16.6. The highest BCUT2D eigenvalue weighted by Crippen LogP contribution is 2.36. The van der Waals surface area contributed by atoms with E-state index in [1.165, 1.54) is 12.1 Å². The highest BCUT2D eigenvalue weighted by Gasteiger charge is 2.38. The van der Waals surface area contributed by atoms with Gasteiger partial charge in [0.05, 0.1) is 13.2 Å². The maximum Gasteiger partial charge on any atom is 0.195 e. The summed E-state index contributed by atoms with van der Waals surface area (Å²) in [5, 5.41) is 0. The second-order valence-electron chi connectivity index (χ2n) is 8.84. The summed E-state index contributed by atoms with van der Waals surface area (Å²) in [4.78, 5) is 4.91. The molecule has 2 aromatic rings. The molecule has 0 unspecified atom stereocenters. The first-order valence-corrected chi connectivity index (χ1v) is 11.8. The second kappa shape index (κ2) is 14.2. The van der Waals surface area contributed by atoms with Crippen molar-refractivity contribution in [1.82, 2.24) is 9.80 Å². The molecule has 2 fully saturated rings. The van der Waals surface area contributed by atoms with Crippen molar-refractivity contribution in [1.29, 1.82) is 0 Å². The van der Waals surface area contributed by atoms with Gasteiger partial charge in [0, 0.05) is 38.2 Å². The highest BCUT2D eigenvalue weighted by molar-refractivity contribution is 5.85. The molecular weight excluding hydrogens is 478 g/mol. The fourth-order valence-electron chi connectivity index (χ4n) is 4.56. The van der Waals surface area contributed by atoms with Gasteiger partial charge in [0.2, 0.25) is 0 Å². The largest absolute Gasteiger partial charge is 0.490 e. The summed E-state index contributed by atoms with van der Waals surface area (Å²) in [7, 11) is 2.17. The number of ether oxygens (including phenoxy) is 3. The Labute approximate surface area is 215 Å². The van der Waals surface area contributed by atoms with E-state index in [0.717, 1.165) is 69.7 Å². The fourth-order valence-corrected chi connectivity index (χ4v) is 4.56. The quantitative estimate of drug-likeness (QED) is 0.439. The Hall–Kier alpha value is -1.41. The molecule has 2 saturated heterocycles. The van der Waals surface area contributed by atoms with Crippen LogP contribution in [0.4, 0.5) is 4.39 Å². The summed E-state index contributed by atoms with van der Waals surface area (Å²) in [5.41, 5.74) is 0.902. The molecule has 2 aromatic carbocycles. The normalized spacial score (nSPS) is 18.3. The molecule has 0 spiro atoms. The van der Waals surface area contributed by atoms with E-state index in [1.807, 2.05) is 30.3 Å². The predicted molar refractivity (Wildman–Crippen MR) is 138 cm³/mol. The molecule has 0 aromatic heterocycles. The van der Waals surface area contributed by atoms with Gasteiger partial charge < -0.3 is 24.0 Å². The zero-order chi connectivity index (χ0) is 22.2. The van der Waals surface area contributed by atoms with Crippen LogP contribution in [0, 0.1) is 5.82 Å². The van der Waals surface area contributed by atoms with Gasteiger partial charge in [-0.15, -0.1) is 24.8 Å². The molecule has 0 saturated carbocycles. The van der Waals surface area contributed by atoms with Crippen LogP contribution in [0.2, 0.25) is 0 Å². The summed E-state index contributed by atoms with van der Waals surface area (Å²) >= 11 is 0. The van der Waals surface area contributed by atoms with E-state index in [9.17, 15) is 4.39 Å². The first-order chi connectivity index (χ1) is 15.6. The maximum atomic E-state index is 13.3. The minimum Gasteiger partial charge on any atom is -0.490 e. The zero-order valence-electron chi connectivity index (χ0n) is 19.9. The van der Waals surface area contributed by atoms with Crippen LogP contribution in [-0.4, -0.2) is 68.9 Å². The number of rotatable bonds is 10. The molecule has 190 valence electrons. The number of para-hydroxylation sites is 1. The summed E-state index contributed by atoms with van der Waals surface area (Å²) in [6.45, 7) is 6.42. The van der Waals surface area contributed by atoms with Crippen LogP contribution in [-0.2, 0) is 15.3 Å². The third kappa shape index (κ3) is 8.08. The van der Waals surface area contributed by atoms with Crippen molar-refractivity contribution in [3.8, 4) is 5.75 Å². The van der Waals surface area contributed by atoms with Crippen molar-refractivity contribution in [2.45, 2.75) is 37.6 Å². The van der Waals surface area contributed by atoms with Crippen molar-refractivity contribution in [2.24, 2.45) is 0 Å². The fraction of sp³-hybridized carbons (Fsp3) is 0.538. The van der Waals surface area contributed by atoms with E-state index in [4.69, 9.17) is 14.2 Å². The summed E-state index contributed by atoms with van der Waals surface area (Å²) in [6.07, 6.45) is 4.20. The lowest BCUT2D eigenvalue weighted by atomic mass is 10.0. The molecule has 0 radical (unpaired) electrons. The molecule has 2 heterocycles. The SMILES string of the molecule is CN(CCCC1(c2ccc(F)cc2)OCCO1)CCN1CCC(Oc2ccccc2)CC1.Cl.Cl. The molecule has 8 heteroatoms. The maximum absolute atomic E-state index is 13.3. The van der Waals surface area contributed by atoms with Crippen molar-refractivity contribution >= 4 is 24.8 Å². The first-order valence-electron chi connectivity index (χ1n) is 11.8. The van der Waals surface area contributed by atoms with E-state index in [0.29, 0.717) is 19.3 Å². The topological polar surface area (TPSA) is 34.2 Å². The number of likely N-dealkylation sites (tertiary alicyclic amines) is 1. The van der Waals surface area contributed by atoms with Gasteiger partial charge in [-0.25, -0.2) is 4.39 Å². The molecule has 34 heavy (non-hydrogen) atoms. The van der Waals surface area contributed by atoms with Crippen LogP contribution in [0.5, 0.6) is 5.75 Å². The lowest BCUT2D eigenvalue weighted by Crippen LogP contribution is -2.41. The number of hydrogen-bond donors (Lipinski definition) is 0. The van der Waals surface area contributed by atoms with Crippen molar-refractivity contribution in [2.75, 3.05) is 53.0 Å². The van der Waals surface area contributed by atoms with E-state index in [2.05, 4.69) is 16.8 Å². The average Bonchev–Trinajstić information content (AvgIpc) is 3.30. The summed E-state index contributed by atoms with van der Waals surface area (Å²) < 4.78 is 31.4. The van der Waals surface area contributed by atoms with Gasteiger partial charge in [-0.2, -0.15) is 0 Å². The average molecular weight is 515 g/mol. The smallest absolute Gasteiger partial charge is 0.195 e. The number of piperidine rings is 1. The Morgan fingerprint density at radius 1 is 0.971 bits per heavy atom. The highest BCUT2D eigenvalue weighted by atomic mass is 35.5. The second-order valence-corrected chi connectivity index (χ2v) is 8.84. The lowest BCUT2D eigenvalue weighted by Gasteiger charge is -2.33. The Morgan fingerprint density at radius 3 is 2.26 bits per heavy atom. The van der Waals surface area contributed by atoms with Crippen LogP contribution in [0.3, 0.4) is 0 Å². The molecule has 2 aliphatic heterocycles. The van der Waals surface area contributed by atoms with Gasteiger partial charge >= 0.3 is 0 Å². The van der Waals surface area contributed by atoms with Crippen molar-refractivity contribution < 1.29 is 18.6 Å². The third-order valence-corrected chi connectivity index (χ3v) is 6.46. The van der Waals surface area contributed by atoms with Crippen molar-refractivity contribution in [3.63, 3.8) is 0 Å². The van der Waals surface area contributed by atoms with Gasteiger partial charge in [-0.05, 0) is 57.1 Å². The Kier molecular flexibility index (Phi) is 12.1. The van der Waals surface area contributed by atoms with Crippen LogP contribution in [0.25, 0.3) is 0 Å². The number of benzene rings is 2. The molecule has 4 rings (SSSR count). The van der Waals surface area contributed by atoms with Crippen LogP contribution >= 0.6 is 24.8 Å². The van der Waals surface area contributed by atoms with Crippen LogP contribution < -0.4 is 4.74 Å². The van der Waals surface area contributed by atoms with E-state index < -0.39 is 5.79 Å². The van der Waals surface area contributed by atoms with Gasteiger partial charge in [0.15, 0.2) is 5.79 Å². The minimum absolute atomic E-state index is 0. The van der Waals surface area contributed by atoms with Crippen LogP contribution in [0.1, 0.15) is 31.2 Å². The van der Waals surface area contributed by atoms with Gasteiger partial charge in [0.1, 0.15) is 17.7 Å². The molecule has 0 N–H and O–H groups in total. The molecule has 2 aliphatic rings. The Morgan fingerprint density at radius 2 is 1.62 bits per heavy atom. The minimum atomic E-state index is -0.727. The van der Waals surface area contributed by atoms with Gasteiger partial charge in [-0.1, -0.05) is 30.3 Å². The molecule has 0 atom stereocenters. The number of hydrogen-bond acceptors (Lipinski definition) is 5. The molecule has 0 bridgehead atoms. The standard InChI is InChI=1S/C26H35FN2O3.2ClH/c1-28(15-5-14-26(30-20-21-31-26)22-8-10-23(27)11-9-22)18-19-29-16-12-25(13-17-29)32-24-6-3-2-4-7-24;;/h2-4,6-11,25H,5,12-21H2,1H3;2*1H. The molecule has 0 aliphatic carbocycles. The Balaban J connectivity index is 0.00000204. The number of nitrogens with zero attached hydrogens (tertiary/aromatic N) is 2. The van der Waals surface area contributed by atoms with Crippen LogP contribution in [0.15, 0.2) is 54.6 Å². The lowest BCUT2D eigenvalue weighted by molar-refractivity contribution is -0.172. The molecule has 0 amide bonds. The van der Waals surface area contributed by atoms with E-state index >= 15 is 0 Å². The van der Waals surface area contributed by atoms with Crippen molar-refractivity contribution in [3.05, 3.63) is 66.0 Å². The zero-order valence-corrected chi connectivity index (χ0v) is 21.5. The molecule has 5 nitrogen and oxygen atoms in total. The number of likely N-dealkylation sites (N-methyl/N-ethyl adjacent to an activating group) is 1. The first kappa shape index (κ1) is 28.8. The predicted octanol–water partition coefficient (Wildman–Crippen LogP) is 5.12. The van der Waals surface area contributed by atoms with E-state index in [-0.39, 0.29) is 30.6 Å². The Bertz CT molecular complexity index is 815.